The lowest BCUT2D eigenvalue weighted by Gasteiger charge is -2.09. The Hall–Kier alpha value is -1.49. The lowest BCUT2D eigenvalue weighted by Crippen LogP contribution is -2.31. The topological polar surface area (TPSA) is 17.0 Å². The van der Waals surface area contributed by atoms with Gasteiger partial charge in [0.05, 0.1) is 6.54 Å². The van der Waals surface area contributed by atoms with Crippen LogP contribution in [0.5, 0.6) is 0 Å². The summed E-state index contributed by atoms with van der Waals surface area (Å²) in [5.41, 5.74) is 2.20. The maximum absolute atomic E-state index is 12.0. The summed E-state index contributed by atoms with van der Waals surface area (Å²) >= 11 is 0. The molecule has 1 aromatic heterocycles. The third-order valence-electron chi connectivity index (χ3n) is 2.78. The first-order valence-corrected chi connectivity index (χ1v) is 5.79. The minimum absolute atomic E-state index is 0.303. The first kappa shape index (κ1) is 13.0. The summed E-state index contributed by atoms with van der Waals surface area (Å²) in [7, 11) is 0. The first-order chi connectivity index (χ1) is 8.46. The normalized spacial score (nSPS) is 12.2. The number of hydrogen-bond acceptors (Lipinski definition) is 1. The van der Waals surface area contributed by atoms with Crippen LogP contribution in [0.15, 0.2) is 30.5 Å². The Labute approximate surface area is 103 Å². The van der Waals surface area contributed by atoms with Gasteiger partial charge in [-0.05, 0) is 30.0 Å². The maximum Gasteiger partial charge on any atom is 0.401 e. The Morgan fingerprint density at radius 1 is 1.22 bits per heavy atom. The molecule has 0 aliphatic heterocycles. The number of fused-ring (bicyclic) bond motifs is 1. The predicted octanol–water partition coefficient (Wildman–Crippen LogP) is 3.10. The number of halogens is 3. The Kier molecular flexibility index (Phi) is 3.61. The summed E-state index contributed by atoms with van der Waals surface area (Å²) in [6, 6.07) is 8.05. The second-order valence-corrected chi connectivity index (χ2v) is 4.36. The van der Waals surface area contributed by atoms with Crippen molar-refractivity contribution in [2.45, 2.75) is 19.6 Å². The van der Waals surface area contributed by atoms with Gasteiger partial charge in [0.15, 0.2) is 0 Å². The van der Waals surface area contributed by atoms with Crippen LogP contribution in [0.3, 0.4) is 0 Å². The monoisotopic (exact) mass is 256 g/mol. The Morgan fingerprint density at radius 2 is 2.00 bits per heavy atom. The summed E-state index contributed by atoms with van der Waals surface area (Å²) < 4.78 is 37.8. The Bertz CT molecular complexity index is 529. The third kappa shape index (κ3) is 3.26. The van der Waals surface area contributed by atoms with E-state index in [1.165, 1.54) is 0 Å². The smallest absolute Gasteiger partial charge is 0.346 e. The van der Waals surface area contributed by atoms with E-state index in [9.17, 15) is 13.2 Å². The number of hydrogen-bond donors (Lipinski definition) is 1. The van der Waals surface area contributed by atoms with Crippen molar-refractivity contribution in [2.75, 3.05) is 13.1 Å². The summed E-state index contributed by atoms with van der Waals surface area (Å²) in [6.07, 6.45) is -2.24. The van der Waals surface area contributed by atoms with Gasteiger partial charge in [0.25, 0.3) is 0 Å². The van der Waals surface area contributed by atoms with Gasteiger partial charge in [0, 0.05) is 24.8 Å². The average molecular weight is 256 g/mol. The molecule has 0 aliphatic carbocycles. The number of nitrogens with zero attached hydrogens (tertiary/aromatic N) is 1. The molecule has 18 heavy (non-hydrogen) atoms. The molecule has 1 aromatic carbocycles. The van der Waals surface area contributed by atoms with Crippen LogP contribution in [-0.2, 0) is 6.54 Å². The van der Waals surface area contributed by atoms with Crippen molar-refractivity contribution in [3.8, 4) is 0 Å². The number of alkyl halides is 3. The number of aryl methyl sites for hydroxylation is 1. The molecule has 0 unspecified atom stereocenters. The van der Waals surface area contributed by atoms with Crippen LogP contribution < -0.4 is 5.32 Å². The zero-order chi connectivity index (χ0) is 13.2. The van der Waals surface area contributed by atoms with Crippen LogP contribution in [0.25, 0.3) is 10.9 Å². The third-order valence-corrected chi connectivity index (χ3v) is 2.78. The van der Waals surface area contributed by atoms with Crippen LogP contribution >= 0.6 is 0 Å². The highest BCUT2D eigenvalue weighted by atomic mass is 19.4. The van der Waals surface area contributed by atoms with Gasteiger partial charge in [-0.2, -0.15) is 13.2 Å². The quantitative estimate of drug-likeness (QED) is 0.832. The zero-order valence-electron chi connectivity index (χ0n) is 10.1. The molecular formula is C13H15F3N2. The fourth-order valence-electron chi connectivity index (χ4n) is 1.92. The molecule has 2 rings (SSSR count). The van der Waals surface area contributed by atoms with Gasteiger partial charge in [-0.3, -0.25) is 0 Å². The van der Waals surface area contributed by atoms with E-state index in [2.05, 4.69) is 5.32 Å². The fourth-order valence-corrected chi connectivity index (χ4v) is 1.92. The molecule has 0 fully saturated rings. The molecule has 98 valence electrons. The molecule has 0 aliphatic rings. The van der Waals surface area contributed by atoms with Crippen LogP contribution in [0.2, 0.25) is 0 Å². The van der Waals surface area contributed by atoms with Gasteiger partial charge in [0.2, 0.25) is 0 Å². The van der Waals surface area contributed by atoms with Crippen molar-refractivity contribution >= 4 is 10.9 Å². The van der Waals surface area contributed by atoms with E-state index < -0.39 is 12.7 Å². The Morgan fingerprint density at radius 3 is 2.72 bits per heavy atom. The van der Waals surface area contributed by atoms with E-state index in [0.29, 0.717) is 13.1 Å². The molecule has 1 N–H and O–H groups in total. The molecule has 2 aromatic rings. The summed E-state index contributed by atoms with van der Waals surface area (Å²) in [4.78, 5) is 0. The first-order valence-electron chi connectivity index (χ1n) is 5.79. The molecule has 0 saturated heterocycles. The second kappa shape index (κ2) is 5.02. The van der Waals surface area contributed by atoms with Crippen molar-refractivity contribution in [2.24, 2.45) is 0 Å². The van der Waals surface area contributed by atoms with Crippen LogP contribution in [0, 0.1) is 6.92 Å². The molecule has 0 radical (unpaired) electrons. The molecule has 1 heterocycles. The van der Waals surface area contributed by atoms with Crippen molar-refractivity contribution < 1.29 is 13.2 Å². The van der Waals surface area contributed by atoms with Crippen molar-refractivity contribution in [1.82, 2.24) is 9.88 Å². The fraction of sp³-hybridized carbons (Fsp3) is 0.385. The highest BCUT2D eigenvalue weighted by Crippen LogP contribution is 2.17. The zero-order valence-corrected chi connectivity index (χ0v) is 10.1. The lowest BCUT2D eigenvalue weighted by atomic mass is 10.2. The lowest BCUT2D eigenvalue weighted by molar-refractivity contribution is -0.124. The average Bonchev–Trinajstić information content (AvgIpc) is 2.66. The Balaban J connectivity index is 1.98. The molecule has 0 bridgehead atoms. The largest absolute Gasteiger partial charge is 0.401 e. The van der Waals surface area contributed by atoms with E-state index in [-0.39, 0.29) is 0 Å². The van der Waals surface area contributed by atoms with Crippen LogP contribution in [0.4, 0.5) is 13.2 Å². The summed E-state index contributed by atoms with van der Waals surface area (Å²) in [6.45, 7) is 1.89. The van der Waals surface area contributed by atoms with Gasteiger partial charge in [-0.15, -0.1) is 0 Å². The van der Waals surface area contributed by atoms with Crippen molar-refractivity contribution in [1.29, 1.82) is 0 Å². The van der Waals surface area contributed by atoms with Crippen molar-refractivity contribution in [3.05, 3.63) is 36.0 Å². The maximum atomic E-state index is 12.0. The van der Waals surface area contributed by atoms with E-state index >= 15 is 0 Å². The SMILES string of the molecule is Cc1ccc2ccn(CCNCC(F)(F)F)c2c1. The number of aromatic nitrogens is 1. The van der Waals surface area contributed by atoms with Crippen LogP contribution in [0.1, 0.15) is 5.56 Å². The van der Waals surface area contributed by atoms with Gasteiger partial charge >= 0.3 is 6.18 Å². The van der Waals surface area contributed by atoms with Gasteiger partial charge < -0.3 is 9.88 Å². The molecule has 0 atom stereocenters. The van der Waals surface area contributed by atoms with E-state index in [0.717, 1.165) is 16.5 Å². The van der Waals surface area contributed by atoms with Gasteiger partial charge in [0.1, 0.15) is 0 Å². The minimum atomic E-state index is -4.14. The molecule has 0 amide bonds. The summed E-state index contributed by atoms with van der Waals surface area (Å²) in [5.74, 6) is 0. The molecule has 5 heteroatoms. The number of rotatable bonds is 4. The number of nitrogens with one attached hydrogen (secondary N) is 1. The second-order valence-electron chi connectivity index (χ2n) is 4.36. The van der Waals surface area contributed by atoms with E-state index in [1.807, 2.05) is 42.0 Å². The number of benzene rings is 1. The summed E-state index contributed by atoms with van der Waals surface area (Å²) in [5, 5.41) is 3.50. The molecular weight excluding hydrogens is 241 g/mol. The highest BCUT2D eigenvalue weighted by Gasteiger charge is 2.25. The van der Waals surface area contributed by atoms with Gasteiger partial charge in [-0.1, -0.05) is 12.1 Å². The standard InChI is InChI=1S/C13H15F3N2/c1-10-2-3-11-4-6-18(12(11)8-10)7-5-17-9-13(14,15)16/h2-4,6,8,17H,5,7,9H2,1H3. The van der Waals surface area contributed by atoms with E-state index in [4.69, 9.17) is 0 Å². The van der Waals surface area contributed by atoms with Gasteiger partial charge in [-0.25, -0.2) is 0 Å². The van der Waals surface area contributed by atoms with Crippen LogP contribution in [-0.4, -0.2) is 23.8 Å². The van der Waals surface area contributed by atoms with E-state index in [1.54, 1.807) is 0 Å². The highest BCUT2D eigenvalue weighted by molar-refractivity contribution is 5.80. The molecule has 0 saturated carbocycles. The predicted molar refractivity (Wildman–Crippen MR) is 65.6 cm³/mol. The molecule has 0 spiro atoms. The molecule has 2 nitrogen and oxygen atoms in total. The van der Waals surface area contributed by atoms with Crippen molar-refractivity contribution in [3.63, 3.8) is 0 Å². The minimum Gasteiger partial charge on any atom is -0.346 e.